The van der Waals surface area contributed by atoms with Crippen LogP contribution in [0.4, 0.5) is 5.69 Å². The molecule has 0 bridgehead atoms. The van der Waals surface area contributed by atoms with Gasteiger partial charge in [-0.25, -0.2) is 8.42 Å². The first-order valence-electron chi connectivity index (χ1n) is 6.74. The van der Waals surface area contributed by atoms with Gasteiger partial charge in [-0.1, -0.05) is 13.0 Å². The predicted octanol–water partition coefficient (Wildman–Crippen LogP) is 1.50. The number of aryl methyl sites for hydroxylation is 2. The number of aromatic nitrogens is 2. The van der Waals surface area contributed by atoms with Crippen molar-refractivity contribution in [3.05, 3.63) is 41.7 Å². The number of hydrogen-bond acceptors (Lipinski definition) is 4. The van der Waals surface area contributed by atoms with E-state index in [0.29, 0.717) is 12.2 Å². The third-order valence-corrected chi connectivity index (χ3v) is 4.57. The third-order valence-electron chi connectivity index (χ3n) is 3.19. The molecule has 2 N–H and O–H groups in total. The van der Waals surface area contributed by atoms with E-state index < -0.39 is 10.0 Å². The van der Waals surface area contributed by atoms with Crippen molar-refractivity contribution in [1.82, 2.24) is 15.1 Å². The Labute approximate surface area is 125 Å². The molecule has 0 unspecified atom stereocenters. The summed E-state index contributed by atoms with van der Waals surface area (Å²) in [6, 6.07) is 5.22. The predicted molar refractivity (Wildman–Crippen MR) is 82.6 cm³/mol. The maximum absolute atomic E-state index is 12.4. The van der Waals surface area contributed by atoms with Crippen LogP contribution in [0.3, 0.4) is 0 Å². The lowest BCUT2D eigenvalue weighted by Crippen LogP contribution is -2.14. The zero-order valence-electron chi connectivity index (χ0n) is 12.4. The van der Waals surface area contributed by atoms with Crippen LogP contribution in [0.15, 0.2) is 35.5 Å². The largest absolute Gasteiger partial charge is 0.316 e. The van der Waals surface area contributed by atoms with E-state index in [9.17, 15) is 8.42 Å². The average molecular weight is 308 g/mol. The van der Waals surface area contributed by atoms with E-state index in [1.807, 2.05) is 13.1 Å². The Balaban J connectivity index is 2.33. The number of hydrogen-bond donors (Lipinski definition) is 2. The SMILES string of the molecule is CCc1ccc(S(=O)(=O)Nc2cnn(C)c2)cc1CNC. The van der Waals surface area contributed by atoms with Crippen molar-refractivity contribution in [2.45, 2.75) is 24.8 Å². The quantitative estimate of drug-likeness (QED) is 0.848. The van der Waals surface area contributed by atoms with Crippen molar-refractivity contribution in [3.63, 3.8) is 0 Å². The van der Waals surface area contributed by atoms with Crippen LogP contribution in [0.25, 0.3) is 0 Å². The fraction of sp³-hybridized carbons (Fsp3) is 0.357. The van der Waals surface area contributed by atoms with Gasteiger partial charge in [-0.15, -0.1) is 0 Å². The minimum absolute atomic E-state index is 0.258. The minimum Gasteiger partial charge on any atom is -0.316 e. The smallest absolute Gasteiger partial charge is 0.262 e. The molecule has 0 amide bonds. The fourth-order valence-electron chi connectivity index (χ4n) is 2.16. The van der Waals surface area contributed by atoms with Crippen molar-refractivity contribution in [3.8, 4) is 0 Å². The second-order valence-electron chi connectivity index (χ2n) is 4.82. The Bertz CT molecular complexity index is 722. The fourth-order valence-corrected chi connectivity index (χ4v) is 3.24. The van der Waals surface area contributed by atoms with E-state index in [0.717, 1.165) is 17.5 Å². The average Bonchev–Trinajstić information content (AvgIpc) is 2.83. The van der Waals surface area contributed by atoms with Crippen LogP contribution in [0.5, 0.6) is 0 Å². The van der Waals surface area contributed by atoms with Crippen molar-refractivity contribution >= 4 is 15.7 Å². The molecule has 0 aliphatic carbocycles. The zero-order valence-corrected chi connectivity index (χ0v) is 13.2. The highest BCUT2D eigenvalue weighted by atomic mass is 32.2. The molecule has 0 spiro atoms. The van der Waals surface area contributed by atoms with E-state index in [4.69, 9.17) is 0 Å². The number of nitrogens with one attached hydrogen (secondary N) is 2. The summed E-state index contributed by atoms with van der Waals surface area (Å²) in [5, 5.41) is 7.01. The lowest BCUT2D eigenvalue weighted by atomic mass is 10.1. The van der Waals surface area contributed by atoms with E-state index in [-0.39, 0.29) is 4.90 Å². The Kier molecular flexibility index (Phi) is 4.64. The molecular weight excluding hydrogens is 288 g/mol. The highest BCUT2D eigenvalue weighted by Gasteiger charge is 2.16. The normalized spacial score (nSPS) is 11.6. The molecule has 0 saturated carbocycles. The molecule has 0 radical (unpaired) electrons. The van der Waals surface area contributed by atoms with Gasteiger partial charge in [-0.05, 0) is 36.7 Å². The van der Waals surface area contributed by atoms with Gasteiger partial charge in [0.2, 0.25) is 0 Å². The molecule has 2 aromatic rings. The molecule has 1 aromatic heterocycles. The van der Waals surface area contributed by atoms with Crippen LogP contribution in [-0.4, -0.2) is 25.2 Å². The summed E-state index contributed by atoms with van der Waals surface area (Å²) in [5.74, 6) is 0. The van der Waals surface area contributed by atoms with Crippen molar-refractivity contribution in [2.75, 3.05) is 11.8 Å². The van der Waals surface area contributed by atoms with Crippen LogP contribution in [-0.2, 0) is 30.0 Å². The van der Waals surface area contributed by atoms with Gasteiger partial charge < -0.3 is 5.32 Å². The highest BCUT2D eigenvalue weighted by Crippen LogP contribution is 2.19. The molecule has 6 nitrogen and oxygen atoms in total. The number of anilines is 1. The standard InChI is InChI=1S/C14H20N4O2S/c1-4-11-5-6-14(7-12(11)8-15-2)21(19,20)17-13-9-16-18(3)10-13/h5-7,9-10,15,17H,4,8H2,1-3H3. The summed E-state index contributed by atoms with van der Waals surface area (Å²) in [7, 11) is -0.0202. The first-order valence-corrected chi connectivity index (χ1v) is 8.22. The van der Waals surface area contributed by atoms with Gasteiger partial charge in [0.05, 0.1) is 16.8 Å². The molecule has 0 saturated heterocycles. The maximum Gasteiger partial charge on any atom is 0.262 e. The molecule has 0 fully saturated rings. The molecule has 0 atom stereocenters. The van der Waals surface area contributed by atoms with E-state index in [2.05, 4.69) is 22.1 Å². The van der Waals surface area contributed by atoms with Gasteiger partial charge in [0.1, 0.15) is 0 Å². The molecule has 7 heteroatoms. The molecule has 21 heavy (non-hydrogen) atoms. The van der Waals surface area contributed by atoms with Gasteiger partial charge in [0.15, 0.2) is 0 Å². The van der Waals surface area contributed by atoms with Gasteiger partial charge in [-0.2, -0.15) is 5.10 Å². The summed E-state index contributed by atoms with van der Waals surface area (Å²) in [4.78, 5) is 0.258. The van der Waals surface area contributed by atoms with Crippen LogP contribution in [0.1, 0.15) is 18.1 Å². The lowest BCUT2D eigenvalue weighted by molar-refractivity contribution is 0.601. The summed E-state index contributed by atoms with van der Waals surface area (Å²) in [6.45, 7) is 2.69. The van der Waals surface area contributed by atoms with Gasteiger partial charge >= 0.3 is 0 Å². The van der Waals surface area contributed by atoms with Crippen LogP contribution in [0, 0.1) is 0 Å². The summed E-state index contributed by atoms with van der Waals surface area (Å²) in [6.07, 6.45) is 3.96. The number of benzene rings is 1. The zero-order chi connectivity index (χ0) is 15.5. The molecule has 1 aromatic carbocycles. The Hall–Kier alpha value is -1.86. The second kappa shape index (κ2) is 6.28. The van der Waals surface area contributed by atoms with Crippen LogP contribution < -0.4 is 10.0 Å². The summed E-state index contributed by atoms with van der Waals surface area (Å²) in [5.41, 5.74) is 2.59. The van der Waals surface area contributed by atoms with Crippen molar-refractivity contribution < 1.29 is 8.42 Å². The highest BCUT2D eigenvalue weighted by molar-refractivity contribution is 7.92. The summed E-state index contributed by atoms with van der Waals surface area (Å²) < 4.78 is 28.9. The molecule has 1 heterocycles. The third kappa shape index (κ3) is 3.62. The van der Waals surface area contributed by atoms with Crippen LogP contribution in [0.2, 0.25) is 0 Å². The van der Waals surface area contributed by atoms with E-state index >= 15 is 0 Å². The number of sulfonamides is 1. The molecule has 114 valence electrons. The number of nitrogens with zero attached hydrogens (tertiary/aromatic N) is 2. The van der Waals surface area contributed by atoms with Crippen LogP contribution >= 0.6 is 0 Å². The molecule has 0 aliphatic heterocycles. The molecular formula is C14H20N4O2S. The Morgan fingerprint density at radius 1 is 1.29 bits per heavy atom. The topological polar surface area (TPSA) is 76.0 Å². The Morgan fingerprint density at radius 2 is 2.05 bits per heavy atom. The van der Waals surface area contributed by atoms with E-state index in [1.54, 1.807) is 30.1 Å². The molecule has 0 aliphatic rings. The van der Waals surface area contributed by atoms with Crippen molar-refractivity contribution in [2.24, 2.45) is 7.05 Å². The first kappa shape index (κ1) is 15.5. The van der Waals surface area contributed by atoms with E-state index in [1.165, 1.54) is 6.20 Å². The second-order valence-corrected chi connectivity index (χ2v) is 6.50. The van der Waals surface area contributed by atoms with Gasteiger partial charge in [0.25, 0.3) is 10.0 Å². The first-order chi connectivity index (χ1) is 9.96. The minimum atomic E-state index is -3.60. The van der Waals surface area contributed by atoms with Crippen molar-refractivity contribution in [1.29, 1.82) is 0 Å². The van der Waals surface area contributed by atoms with Gasteiger partial charge in [0, 0.05) is 19.8 Å². The van der Waals surface area contributed by atoms with Gasteiger partial charge in [-0.3, -0.25) is 9.40 Å². The maximum atomic E-state index is 12.4. The Morgan fingerprint density at radius 3 is 2.62 bits per heavy atom. The summed E-state index contributed by atoms with van der Waals surface area (Å²) >= 11 is 0. The lowest BCUT2D eigenvalue weighted by Gasteiger charge is -2.11. The monoisotopic (exact) mass is 308 g/mol. The number of rotatable bonds is 6. The molecule has 2 rings (SSSR count).